The first kappa shape index (κ1) is 9.79. The summed E-state index contributed by atoms with van der Waals surface area (Å²) in [5.74, 6) is 0.715. The molecule has 84 valence electrons. The molecular weight excluding hydrogens is 192 g/mol. The molecule has 3 fully saturated rings. The van der Waals surface area contributed by atoms with Crippen LogP contribution in [0.3, 0.4) is 0 Å². The van der Waals surface area contributed by atoms with Crippen LogP contribution in [0, 0.1) is 17.3 Å². The van der Waals surface area contributed by atoms with Crippen molar-refractivity contribution < 1.29 is 14.6 Å². The van der Waals surface area contributed by atoms with Crippen molar-refractivity contribution in [2.45, 2.75) is 51.4 Å². The smallest absolute Gasteiger partial charge is 0.139 e. The highest BCUT2D eigenvalue weighted by Crippen LogP contribution is 2.58. The number of epoxide rings is 1. The van der Waals surface area contributed by atoms with Crippen LogP contribution in [0.15, 0.2) is 0 Å². The summed E-state index contributed by atoms with van der Waals surface area (Å²) in [6.45, 7) is 4.32. The van der Waals surface area contributed by atoms with Gasteiger partial charge in [-0.3, -0.25) is 4.79 Å². The maximum absolute atomic E-state index is 12.0. The molecule has 3 rings (SSSR count). The molecule has 0 unspecified atom stereocenters. The second-order valence-electron chi connectivity index (χ2n) is 5.71. The maximum Gasteiger partial charge on any atom is 0.139 e. The van der Waals surface area contributed by atoms with E-state index in [0.717, 1.165) is 6.42 Å². The van der Waals surface area contributed by atoms with Crippen molar-refractivity contribution in [1.82, 2.24) is 0 Å². The molecule has 0 amide bonds. The molecule has 1 saturated heterocycles. The first-order valence-electron chi connectivity index (χ1n) is 5.89. The Hall–Kier alpha value is -0.410. The van der Waals surface area contributed by atoms with Crippen molar-refractivity contribution in [1.29, 1.82) is 0 Å². The Labute approximate surface area is 89.8 Å². The lowest BCUT2D eigenvalue weighted by molar-refractivity contribution is -0.137. The van der Waals surface area contributed by atoms with Gasteiger partial charge >= 0.3 is 0 Å². The molecule has 0 aromatic carbocycles. The summed E-state index contributed by atoms with van der Waals surface area (Å²) < 4.78 is 5.62. The Bertz CT molecular complexity index is 314. The highest BCUT2D eigenvalue weighted by atomic mass is 16.6. The number of hydrogen-bond acceptors (Lipinski definition) is 3. The number of aliphatic hydroxyl groups is 1. The topological polar surface area (TPSA) is 49.8 Å². The van der Waals surface area contributed by atoms with Crippen molar-refractivity contribution in [3.05, 3.63) is 0 Å². The highest BCUT2D eigenvalue weighted by molar-refractivity contribution is 5.84. The van der Waals surface area contributed by atoms with Gasteiger partial charge in [-0.2, -0.15) is 0 Å². The largest absolute Gasteiger partial charge is 0.393 e. The van der Waals surface area contributed by atoms with Gasteiger partial charge < -0.3 is 9.84 Å². The van der Waals surface area contributed by atoms with E-state index in [1.54, 1.807) is 0 Å². The van der Waals surface area contributed by atoms with Crippen LogP contribution < -0.4 is 0 Å². The fourth-order valence-corrected chi connectivity index (χ4v) is 3.77. The molecule has 3 aliphatic rings. The van der Waals surface area contributed by atoms with Gasteiger partial charge in [-0.05, 0) is 18.8 Å². The number of carbonyl (C=O) groups excluding carboxylic acids is 1. The molecule has 15 heavy (non-hydrogen) atoms. The van der Waals surface area contributed by atoms with E-state index in [0.29, 0.717) is 24.5 Å². The van der Waals surface area contributed by atoms with E-state index in [9.17, 15) is 9.90 Å². The van der Waals surface area contributed by atoms with E-state index in [1.165, 1.54) is 0 Å². The highest BCUT2D eigenvalue weighted by Gasteiger charge is 2.65. The van der Waals surface area contributed by atoms with Crippen molar-refractivity contribution in [2.75, 3.05) is 0 Å². The van der Waals surface area contributed by atoms with Gasteiger partial charge in [-0.1, -0.05) is 13.8 Å². The standard InChI is InChI=1S/C12H18O3/c1-6-3-7(13)4-8-9(14)5-10-11(15-10)12(6,8)2/h6-8,10-11,13H,3-5H2,1-2H3/t6-,7-,8-,10-,11-,12+/m1/s1. The third kappa shape index (κ3) is 1.16. The van der Waals surface area contributed by atoms with E-state index in [-0.39, 0.29) is 29.6 Å². The minimum absolute atomic E-state index is 0.0147. The molecule has 1 heterocycles. The lowest BCUT2D eigenvalue weighted by Gasteiger charge is -2.48. The molecule has 2 saturated carbocycles. The van der Waals surface area contributed by atoms with Gasteiger partial charge in [0.05, 0.1) is 18.3 Å². The van der Waals surface area contributed by atoms with E-state index in [2.05, 4.69) is 13.8 Å². The maximum atomic E-state index is 12.0. The lowest BCUT2D eigenvalue weighted by Crippen LogP contribution is -2.52. The zero-order valence-corrected chi connectivity index (χ0v) is 9.27. The predicted molar refractivity (Wildman–Crippen MR) is 54.3 cm³/mol. The normalized spacial score (nSPS) is 58.3. The molecule has 3 heteroatoms. The Balaban J connectivity index is 1.96. The van der Waals surface area contributed by atoms with Crippen molar-refractivity contribution in [3.8, 4) is 0 Å². The van der Waals surface area contributed by atoms with Crippen molar-refractivity contribution in [3.63, 3.8) is 0 Å². The van der Waals surface area contributed by atoms with Crippen LogP contribution in [0.4, 0.5) is 0 Å². The van der Waals surface area contributed by atoms with Crippen LogP contribution in [-0.4, -0.2) is 29.2 Å². The molecule has 1 aliphatic heterocycles. The molecule has 0 aromatic rings. The third-order valence-electron chi connectivity index (χ3n) is 4.93. The van der Waals surface area contributed by atoms with Crippen LogP contribution in [0.2, 0.25) is 0 Å². The Morgan fingerprint density at radius 2 is 2.20 bits per heavy atom. The second-order valence-corrected chi connectivity index (χ2v) is 5.71. The van der Waals surface area contributed by atoms with E-state index < -0.39 is 0 Å². The first-order chi connectivity index (χ1) is 7.03. The quantitative estimate of drug-likeness (QED) is 0.610. The molecule has 0 radical (unpaired) electrons. The van der Waals surface area contributed by atoms with Crippen LogP contribution in [0.1, 0.15) is 33.1 Å². The number of Topliss-reactive ketones (excluding diaryl/α,β-unsaturated/α-hetero) is 1. The molecular formula is C12H18O3. The number of ketones is 1. The van der Waals surface area contributed by atoms with Crippen LogP contribution in [-0.2, 0) is 9.53 Å². The predicted octanol–water partition coefficient (Wildman–Crippen LogP) is 1.14. The minimum atomic E-state index is -0.294. The Kier molecular flexibility index (Phi) is 1.85. The fourth-order valence-electron chi connectivity index (χ4n) is 3.77. The molecule has 0 bridgehead atoms. The molecule has 2 aliphatic carbocycles. The van der Waals surface area contributed by atoms with E-state index in [1.807, 2.05) is 0 Å². The van der Waals surface area contributed by atoms with Gasteiger partial charge in [0.2, 0.25) is 0 Å². The molecule has 6 atom stereocenters. The third-order valence-corrected chi connectivity index (χ3v) is 4.93. The van der Waals surface area contributed by atoms with Crippen LogP contribution in [0.5, 0.6) is 0 Å². The van der Waals surface area contributed by atoms with Gasteiger partial charge in [0, 0.05) is 17.8 Å². The van der Waals surface area contributed by atoms with E-state index in [4.69, 9.17) is 4.74 Å². The first-order valence-corrected chi connectivity index (χ1v) is 5.89. The summed E-state index contributed by atoms with van der Waals surface area (Å²) in [4.78, 5) is 12.0. The number of aliphatic hydroxyl groups excluding tert-OH is 1. The summed E-state index contributed by atoms with van der Waals surface area (Å²) in [6.07, 6.45) is 2.21. The van der Waals surface area contributed by atoms with Crippen molar-refractivity contribution in [2.24, 2.45) is 17.3 Å². The summed E-state index contributed by atoms with van der Waals surface area (Å²) in [7, 11) is 0. The average Bonchev–Trinajstić information content (AvgIpc) is 2.89. The SMILES string of the molecule is C[C@@H]1C[C@@H](O)C[C@@H]2C(=O)C[C@H]3O[C@H]3[C@@]12C. The molecule has 0 spiro atoms. The van der Waals surface area contributed by atoms with Gasteiger partial charge in [-0.25, -0.2) is 0 Å². The number of fused-ring (bicyclic) bond motifs is 3. The zero-order chi connectivity index (χ0) is 10.8. The van der Waals surface area contributed by atoms with Gasteiger partial charge in [0.15, 0.2) is 0 Å². The molecule has 1 N–H and O–H groups in total. The van der Waals surface area contributed by atoms with Gasteiger partial charge in [-0.15, -0.1) is 0 Å². The number of rotatable bonds is 0. The minimum Gasteiger partial charge on any atom is -0.393 e. The second kappa shape index (κ2) is 2.83. The van der Waals surface area contributed by atoms with E-state index >= 15 is 0 Å². The fraction of sp³-hybridized carbons (Fsp3) is 0.917. The Morgan fingerprint density at radius 3 is 2.93 bits per heavy atom. The molecule has 3 nitrogen and oxygen atoms in total. The summed E-state index contributed by atoms with van der Waals surface area (Å²) >= 11 is 0. The summed E-state index contributed by atoms with van der Waals surface area (Å²) in [5, 5.41) is 9.76. The zero-order valence-electron chi connectivity index (χ0n) is 9.27. The van der Waals surface area contributed by atoms with Gasteiger partial charge in [0.1, 0.15) is 5.78 Å². The summed E-state index contributed by atoms with van der Waals surface area (Å²) in [5.41, 5.74) is -0.0147. The van der Waals surface area contributed by atoms with Gasteiger partial charge in [0.25, 0.3) is 0 Å². The molecule has 0 aromatic heterocycles. The number of ether oxygens (including phenoxy) is 1. The number of hydrogen-bond donors (Lipinski definition) is 1. The summed E-state index contributed by atoms with van der Waals surface area (Å²) in [6, 6.07) is 0. The lowest BCUT2D eigenvalue weighted by atomic mass is 9.55. The van der Waals surface area contributed by atoms with Crippen LogP contribution in [0.25, 0.3) is 0 Å². The Morgan fingerprint density at radius 1 is 1.47 bits per heavy atom. The average molecular weight is 210 g/mol. The monoisotopic (exact) mass is 210 g/mol. The van der Waals surface area contributed by atoms with Crippen LogP contribution >= 0.6 is 0 Å². The van der Waals surface area contributed by atoms with Crippen molar-refractivity contribution >= 4 is 5.78 Å². The number of carbonyl (C=O) groups is 1.